The highest BCUT2D eigenvalue weighted by Crippen LogP contribution is 2.33. The molecular formula is C21H32F2N4O4. The number of ether oxygens (including phenoxy) is 3. The maximum Gasteiger partial charge on any atom is 0.387 e. The van der Waals surface area contributed by atoms with E-state index in [0.717, 1.165) is 25.9 Å². The zero-order valence-electron chi connectivity index (χ0n) is 18.3. The highest BCUT2D eigenvalue weighted by atomic mass is 19.3. The Morgan fingerprint density at radius 2 is 2.13 bits per heavy atom. The molecule has 1 saturated heterocycles. The maximum absolute atomic E-state index is 12.9. The van der Waals surface area contributed by atoms with Crippen molar-refractivity contribution in [2.45, 2.75) is 45.4 Å². The number of carbonyl (C=O) groups excluding carboxylic acids is 1. The van der Waals surface area contributed by atoms with E-state index in [1.165, 1.54) is 4.90 Å². The number of carbonyl (C=O) groups is 1. The normalized spacial score (nSPS) is 16.7. The van der Waals surface area contributed by atoms with E-state index in [4.69, 9.17) is 14.2 Å². The zero-order valence-corrected chi connectivity index (χ0v) is 18.3. The summed E-state index contributed by atoms with van der Waals surface area (Å²) in [5.74, 6) is 0.455. The second-order valence-corrected chi connectivity index (χ2v) is 7.23. The Labute approximate surface area is 181 Å². The van der Waals surface area contributed by atoms with Crippen LogP contribution in [0.4, 0.5) is 8.78 Å². The molecule has 1 aromatic rings. The number of rotatable bonds is 10. The van der Waals surface area contributed by atoms with Crippen molar-refractivity contribution in [1.29, 1.82) is 0 Å². The minimum Gasteiger partial charge on any atom is -0.490 e. The monoisotopic (exact) mass is 442 g/mol. The molecule has 0 aliphatic carbocycles. The van der Waals surface area contributed by atoms with Gasteiger partial charge in [-0.2, -0.15) is 8.78 Å². The van der Waals surface area contributed by atoms with Gasteiger partial charge in [0.15, 0.2) is 17.5 Å². The average molecular weight is 443 g/mol. The van der Waals surface area contributed by atoms with Crippen molar-refractivity contribution >= 4 is 11.9 Å². The van der Waals surface area contributed by atoms with Crippen LogP contribution in [0.2, 0.25) is 0 Å². The van der Waals surface area contributed by atoms with Crippen LogP contribution in [0.25, 0.3) is 0 Å². The van der Waals surface area contributed by atoms with Crippen molar-refractivity contribution < 1.29 is 27.8 Å². The third-order valence-corrected chi connectivity index (χ3v) is 4.65. The predicted molar refractivity (Wildman–Crippen MR) is 114 cm³/mol. The lowest BCUT2D eigenvalue weighted by molar-refractivity contribution is -0.127. The quantitative estimate of drug-likeness (QED) is 0.428. The van der Waals surface area contributed by atoms with Gasteiger partial charge in [-0.1, -0.05) is 12.1 Å². The highest BCUT2D eigenvalue weighted by molar-refractivity contribution is 5.86. The summed E-state index contributed by atoms with van der Waals surface area (Å²) in [6, 6.07) is 4.92. The van der Waals surface area contributed by atoms with Crippen LogP contribution in [0.15, 0.2) is 23.2 Å². The Balaban J connectivity index is 2.14. The molecule has 8 nitrogen and oxygen atoms in total. The molecule has 0 spiro atoms. The number of aliphatic imine (C=N–C) groups is 1. The van der Waals surface area contributed by atoms with E-state index in [1.54, 1.807) is 39.2 Å². The van der Waals surface area contributed by atoms with Gasteiger partial charge in [-0.15, -0.1) is 0 Å². The van der Waals surface area contributed by atoms with Crippen molar-refractivity contribution in [3.05, 3.63) is 23.8 Å². The van der Waals surface area contributed by atoms with Crippen molar-refractivity contribution in [2.24, 2.45) is 4.99 Å². The SMILES string of the molecule is CCOc1cccc(CN=C(NCC(=O)N(C)C)NCC2CCCCO2)c1OC(F)F. The Morgan fingerprint density at radius 1 is 1.32 bits per heavy atom. The molecular weight excluding hydrogens is 410 g/mol. The number of alkyl halides is 2. The fourth-order valence-electron chi connectivity index (χ4n) is 3.01. The molecule has 2 N–H and O–H groups in total. The largest absolute Gasteiger partial charge is 0.490 e. The van der Waals surface area contributed by atoms with Crippen molar-refractivity contribution in [1.82, 2.24) is 15.5 Å². The molecule has 1 heterocycles. The van der Waals surface area contributed by atoms with Gasteiger partial charge in [-0.05, 0) is 32.3 Å². The second kappa shape index (κ2) is 12.9. The van der Waals surface area contributed by atoms with Gasteiger partial charge in [-0.25, -0.2) is 4.99 Å². The van der Waals surface area contributed by atoms with Crippen LogP contribution in [0, 0.1) is 0 Å². The summed E-state index contributed by atoms with van der Waals surface area (Å²) in [6.07, 6.45) is 3.16. The van der Waals surface area contributed by atoms with Gasteiger partial charge in [0.05, 0.1) is 25.8 Å². The van der Waals surface area contributed by atoms with Gasteiger partial charge in [0.25, 0.3) is 0 Å². The smallest absolute Gasteiger partial charge is 0.387 e. The summed E-state index contributed by atoms with van der Waals surface area (Å²) < 4.78 is 41.7. The van der Waals surface area contributed by atoms with E-state index in [0.29, 0.717) is 24.7 Å². The molecule has 1 fully saturated rings. The molecule has 1 aromatic carbocycles. The standard InChI is InChI=1S/C21H32F2N4O4/c1-4-29-17-10-7-8-15(19(17)31-20(22)23)12-24-21(26-14-18(28)27(2)3)25-13-16-9-5-6-11-30-16/h7-8,10,16,20H,4-6,9,11-14H2,1-3H3,(H2,24,25,26). The first-order valence-electron chi connectivity index (χ1n) is 10.4. The zero-order chi connectivity index (χ0) is 22.6. The number of likely N-dealkylation sites (N-methyl/N-ethyl adjacent to an activating group) is 1. The van der Waals surface area contributed by atoms with E-state index in [9.17, 15) is 13.6 Å². The van der Waals surface area contributed by atoms with E-state index in [2.05, 4.69) is 15.6 Å². The number of nitrogens with one attached hydrogen (secondary N) is 2. The molecule has 1 atom stereocenters. The summed E-state index contributed by atoms with van der Waals surface area (Å²) in [6.45, 7) is 0.447. The highest BCUT2D eigenvalue weighted by Gasteiger charge is 2.17. The number of halogens is 2. The second-order valence-electron chi connectivity index (χ2n) is 7.23. The first-order valence-corrected chi connectivity index (χ1v) is 10.4. The minimum absolute atomic E-state index is 0.0394. The molecule has 10 heteroatoms. The van der Waals surface area contributed by atoms with Crippen LogP contribution in [-0.2, 0) is 16.1 Å². The lowest BCUT2D eigenvalue weighted by Gasteiger charge is -2.24. The summed E-state index contributed by atoms with van der Waals surface area (Å²) in [7, 11) is 3.33. The maximum atomic E-state index is 12.9. The van der Waals surface area contributed by atoms with Gasteiger partial charge in [0.2, 0.25) is 5.91 Å². The molecule has 0 bridgehead atoms. The van der Waals surface area contributed by atoms with Crippen LogP contribution in [0.5, 0.6) is 11.5 Å². The molecule has 174 valence electrons. The minimum atomic E-state index is -2.98. The third kappa shape index (κ3) is 8.56. The fourth-order valence-corrected chi connectivity index (χ4v) is 3.01. The van der Waals surface area contributed by atoms with Gasteiger partial charge >= 0.3 is 6.61 Å². The fraction of sp³-hybridized carbons (Fsp3) is 0.619. The predicted octanol–water partition coefficient (Wildman–Crippen LogP) is 2.38. The molecule has 0 saturated carbocycles. The molecule has 31 heavy (non-hydrogen) atoms. The van der Waals surface area contributed by atoms with Gasteiger partial charge in [0, 0.05) is 32.8 Å². The number of nitrogens with zero attached hydrogens (tertiary/aromatic N) is 2. The molecule has 1 amide bonds. The van der Waals surface area contributed by atoms with E-state index >= 15 is 0 Å². The molecule has 1 aliphatic heterocycles. The van der Waals surface area contributed by atoms with Crippen LogP contribution >= 0.6 is 0 Å². The Bertz CT molecular complexity index is 725. The van der Waals surface area contributed by atoms with E-state index in [-0.39, 0.29) is 36.6 Å². The van der Waals surface area contributed by atoms with Crippen molar-refractivity contribution in [3.8, 4) is 11.5 Å². The van der Waals surface area contributed by atoms with Crippen LogP contribution in [0.3, 0.4) is 0 Å². The molecule has 0 aromatic heterocycles. The third-order valence-electron chi connectivity index (χ3n) is 4.65. The number of guanidine groups is 1. The first-order chi connectivity index (χ1) is 14.9. The topological polar surface area (TPSA) is 84.4 Å². The van der Waals surface area contributed by atoms with E-state index in [1.807, 2.05) is 0 Å². The Morgan fingerprint density at radius 3 is 2.77 bits per heavy atom. The van der Waals surface area contributed by atoms with Gasteiger partial charge < -0.3 is 29.7 Å². The first kappa shape index (κ1) is 24.6. The van der Waals surface area contributed by atoms with Crippen LogP contribution in [0.1, 0.15) is 31.7 Å². The number of amides is 1. The van der Waals surface area contributed by atoms with E-state index < -0.39 is 6.61 Å². The summed E-state index contributed by atoms with van der Waals surface area (Å²) >= 11 is 0. The molecule has 0 radical (unpaired) electrons. The number of para-hydroxylation sites is 1. The summed E-state index contributed by atoms with van der Waals surface area (Å²) in [4.78, 5) is 17.9. The lowest BCUT2D eigenvalue weighted by Crippen LogP contribution is -2.45. The van der Waals surface area contributed by atoms with Gasteiger partial charge in [-0.3, -0.25) is 4.79 Å². The summed E-state index contributed by atoms with van der Waals surface area (Å²) in [5, 5.41) is 6.16. The number of hydrogen-bond acceptors (Lipinski definition) is 5. The van der Waals surface area contributed by atoms with Crippen molar-refractivity contribution in [2.75, 3.05) is 40.4 Å². The summed E-state index contributed by atoms with van der Waals surface area (Å²) in [5.41, 5.74) is 0.445. The Hall–Kier alpha value is -2.62. The molecule has 1 aliphatic rings. The Kier molecular flexibility index (Phi) is 10.3. The average Bonchev–Trinajstić information content (AvgIpc) is 2.75. The lowest BCUT2D eigenvalue weighted by atomic mass is 10.1. The molecule has 2 rings (SSSR count). The van der Waals surface area contributed by atoms with Crippen LogP contribution in [-0.4, -0.2) is 69.9 Å². The molecule has 1 unspecified atom stereocenters. The van der Waals surface area contributed by atoms with Gasteiger partial charge in [0.1, 0.15) is 0 Å². The van der Waals surface area contributed by atoms with Crippen LogP contribution < -0.4 is 20.1 Å². The van der Waals surface area contributed by atoms with Crippen molar-refractivity contribution in [3.63, 3.8) is 0 Å². The number of hydrogen-bond donors (Lipinski definition) is 2. The number of benzene rings is 1.